The first kappa shape index (κ1) is 12.5. The van der Waals surface area contributed by atoms with Crippen LogP contribution in [0.3, 0.4) is 0 Å². The van der Waals surface area contributed by atoms with E-state index in [1.54, 1.807) is 0 Å². The molecule has 92 valence electrons. The average Bonchev–Trinajstić information content (AvgIpc) is 2.82. The Morgan fingerprint density at radius 1 is 1.22 bits per heavy atom. The first-order valence-electron chi connectivity index (χ1n) is 4.87. The number of hydrogen-bond acceptors (Lipinski definition) is 1. The Hall–Kier alpha value is -1.93. The molecule has 0 unspecified atom stereocenters. The lowest BCUT2D eigenvalue weighted by Crippen LogP contribution is -1.89. The highest BCUT2D eigenvalue weighted by Gasteiger charge is 2.09. The van der Waals surface area contributed by atoms with Crippen LogP contribution in [-0.2, 0) is 6.67 Å². The second-order valence-corrected chi connectivity index (χ2v) is 3.75. The van der Waals surface area contributed by atoms with Gasteiger partial charge in [0.05, 0.1) is 16.3 Å². The normalized spacial score (nSPS) is 10.0. The van der Waals surface area contributed by atoms with Crippen molar-refractivity contribution in [3.63, 3.8) is 0 Å². The molecule has 1 aromatic carbocycles. The van der Waals surface area contributed by atoms with Crippen molar-refractivity contribution in [2.24, 2.45) is 0 Å². The van der Waals surface area contributed by atoms with E-state index in [2.05, 4.69) is 22.0 Å². The molecule has 1 N–H and O–H groups in total. The summed E-state index contributed by atoms with van der Waals surface area (Å²) < 4.78 is 38.7. The van der Waals surface area contributed by atoms with Crippen LogP contribution in [0.2, 0.25) is 5.02 Å². The highest BCUT2D eigenvalue weighted by Crippen LogP contribution is 2.21. The van der Waals surface area contributed by atoms with Gasteiger partial charge in [-0.3, -0.25) is 5.10 Å². The molecule has 0 atom stereocenters. The summed E-state index contributed by atoms with van der Waals surface area (Å²) in [7, 11) is 0. The highest BCUT2D eigenvalue weighted by atomic mass is 35.5. The lowest BCUT2D eigenvalue weighted by molar-refractivity contribution is 0.475. The fraction of sp³-hybridized carbons (Fsp3) is 0.0833. The molecular weight excluding hydrogens is 265 g/mol. The maximum absolute atomic E-state index is 13.4. The quantitative estimate of drug-likeness (QED) is 0.626. The van der Waals surface area contributed by atoms with Gasteiger partial charge in [-0.15, -0.1) is 0 Å². The van der Waals surface area contributed by atoms with Gasteiger partial charge in [0.25, 0.3) is 0 Å². The van der Waals surface area contributed by atoms with Gasteiger partial charge in [-0.25, -0.2) is 13.2 Å². The van der Waals surface area contributed by atoms with Crippen LogP contribution in [0.4, 0.5) is 13.2 Å². The minimum absolute atomic E-state index is 0.185. The van der Waals surface area contributed by atoms with Crippen LogP contribution >= 0.6 is 11.6 Å². The lowest BCUT2D eigenvalue weighted by Gasteiger charge is -1.98. The molecule has 0 aliphatic rings. The lowest BCUT2D eigenvalue weighted by atomic mass is 10.2. The van der Waals surface area contributed by atoms with Crippen LogP contribution in [0, 0.1) is 23.5 Å². The number of nitrogens with one attached hydrogen (secondary N) is 1. The van der Waals surface area contributed by atoms with Gasteiger partial charge >= 0.3 is 0 Å². The third-order valence-electron chi connectivity index (χ3n) is 2.13. The fourth-order valence-electron chi connectivity index (χ4n) is 1.27. The minimum atomic E-state index is -0.753. The second kappa shape index (κ2) is 5.15. The number of aromatic nitrogens is 2. The predicted molar refractivity (Wildman–Crippen MR) is 60.7 cm³/mol. The van der Waals surface area contributed by atoms with Crippen LogP contribution in [0.5, 0.6) is 0 Å². The summed E-state index contributed by atoms with van der Waals surface area (Å²) in [6.45, 7) is -0.729. The molecular formula is C12H6ClF3N2. The summed E-state index contributed by atoms with van der Waals surface area (Å²) in [6.07, 6.45) is 0. The highest BCUT2D eigenvalue weighted by molar-refractivity contribution is 6.31. The van der Waals surface area contributed by atoms with E-state index in [-0.39, 0.29) is 16.3 Å². The molecule has 0 radical (unpaired) electrons. The first-order valence-corrected chi connectivity index (χ1v) is 5.25. The molecule has 6 heteroatoms. The van der Waals surface area contributed by atoms with Crippen molar-refractivity contribution in [3.05, 3.63) is 51.8 Å². The van der Waals surface area contributed by atoms with Crippen molar-refractivity contribution in [3.8, 4) is 11.8 Å². The molecule has 0 fully saturated rings. The Bertz CT molecular complexity index is 641. The Kier molecular flexibility index (Phi) is 3.58. The maximum atomic E-state index is 13.4. The van der Waals surface area contributed by atoms with E-state index in [1.807, 2.05) is 0 Å². The summed E-state index contributed by atoms with van der Waals surface area (Å²) in [5.41, 5.74) is 0.237. The molecule has 2 rings (SSSR count). The van der Waals surface area contributed by atoms with Gasteiger partial charge in [-0.05, 0) is 24.1 Å². The number of nitrogens with zero attached hydrogens (tertiary/aromatic N) is 1. The van der Waals surface area contributed by atoms with Crippen molar-refractivity contribution in [1.82, 2.24) is 10.2 Å². The van der Waals surface area contributed by atoms with Crippen LogP contribution < -0.4 is 0 Å². The molecule has 18 heavy (non-hydrogen) atoms. The van der Waals surface area contributed by atoms with Crippen LogP contribution in [0.25, 0.3) is 0 Å². The molecule has 0 amide bonds. The number of alkyl halides is 1. The monoisotopic (exact) mass is 270 g/mol. The minimum Gasteiger partial charge on any atom is -0.270 e. The van der Waals surface area contributed by atoms with Crippen molar-refractivity contribution in [2.75, 3.05) is 0 Å². The average molecular weight is 271 g/mol. The molecule has 0 bridgehead atoms. The Morgan fingerprint density at radius 3 is 2.61 bits per heavy atom. The molecule has 1 heterocycles. The molecule has 2 nitrogen and oxygen atoms in total. The van der Waals surface area contributed by atoms with E-state index in [0.29, 0.717) is 5.69 Å². The van der Waals surface area contributed by atoms with E-state index in [4.69, 9.17) is 11.6 Å². The van der Waals surface area contributed by atoms with E-state index in [1.165, 1.54) is 6.07 Å². The summed E-state index contributed by atoms with van der Waals surface area (Å²) in [6, 6.07) is 3.23. The number of benzene rings is 1. The maximum Gasteiger partial charge on any atom is 0.143 e. The van der Waals surface area contributed by atoms with Crippen molar-refractivity contribution >= 4 is 11.6 Å². The molecule has 0 aliphatic carbocycles. The summed E-state index contributed by atoms with van der Waals surface area (Å²) in [5, 5.41) is 5.68. The molecule has 0 saturated heterocycles. The van der Waals surface area contributed by atoms with Gasteiger partial charge in [0.2, 0.25) is 0 Å². The number of halogens is 4. The van der Waals surface area contributed by atoms with Crippen LogP contribution in [-0.4, -0.2) is 10.2 Å². The van der Waals surface area contributed by atoms with E-state index >= 15 is 0 Å². The predicted octanol–water partition coefficient (Wildman–Crippen LogP) is 3.21. The largest absolute Gasteiger partial charge is 0.270 e. The Labute approximate surface area is 106 Å². The second-order valence-electron chi connectivity index (χ2n) is 3.37. The van der Waals surface area contributed by atoms with Crippen molar-refractivity contribution in [2.45, 2.75) is 6.67 Å². The van der Waals surface area contributed by atoms with E-state index < -0.39 is 18.3 Å². The van der Waals surface area contributed by atoms with Gasteiger partial charge < -0.3 is 0 Å². The molecule has 1 aromatic heterocycles. The third kappa shape index (κ3) is 2.49. The number of hydrogen-bond donors (Lipinski definition) is 1. The van der Waals surface area contributed by atoms with E-state index in [9.17, 15) is 13.2 Å². The zero-order chi connectivity index (χ0) is 13.1. The van der Waals surface area contributed by atoms with Gasteiger partial charge in [0, 0.05) is 0 Å². The zero-order valence-corrected chi connectivity index (χ0v) is 9.65. The number of aromatic amines is 1. The Morgan fingerprint density at radius 2 is 1.94 bits per heavy atom. The molecule has 0 aliphatic heterocycles. The van der Waals surface area contributed by atoms with Gasteiger partial charge in [0.1, 0.15) is 24.0 Å². The number of rotatable bonds is 1. The molecule has 0 saturated carbocycles. The third-order valence-corrected chi connectivity index (χ3v) is 2.50. The van der Waals surface area contributed by atoms with Crippen molar-refractivity contribution in [1.29, 1.82) is 0 Å². The van der Waals surface area contributed by atoms with Gasteiger partial charge in [-0.1, -0.05) is 17.5 Å². The zero-order valence-electron chi connectivity index (χ0n) is 8.90. The number of H-pyrrole nitrogens is 1. The van der Waals surface area contributed by atoms with Gasteiger partial charge in [-0.2, -0.15) is 5.10 Å². The topological polar surface area (TPSA) is 28.7 Å². The summed E-state index contributed by atoms with van der Waals surface area (Å²) in [5.74, 6) is 3.41. The summed E-state index contributed by atoms with van der Waals surface area (Å²) >= 11 is 5.59. The fourth-order valence-corrected chi connectivity index (χ4v) is 1.47. The SMILES string of the molecule is FCc1cc(C#Cc2c(F)ccc(F)c2Cl)[nH]n1. The summed E-state index contributed by atoms with van der Waals surface area (Å²) in [4.78, 5) is 0. The van der Waals surface area contributed by atoms with Gasteiger partial charge in [0.15, 0.2) is 0 Å². The first-order chi connectivity index (χ1) is 8.61. The van der Waals surface area contributed by atoms with Crippen molar-refractivity contribution < 1.29 is 13.2 Å². The van der Waals surface area contributed by atoms with Crippen LogP contribution in [0.15, 0.2) is 18.2 Å². The molecule has 0 spiro atoms. The van der Waals surface area contributed by atoms with Crippen LogP contribution in [0.1, 0.15) is 17.0 Å². The molecule has 2 aromatic rings. The van der Waals surface area contributed by atoms with E-state index in [0.717, 1.165) is 12.1 Å². The standard InChI is InChI=1S/C12H6ClF3N2/c13-12-9(10(15)3-4-11(12)16)2-1-7-5-8(6-14)18-17-7/h3-5H,6H2,(H,17,18). The Balaban J connectivity index is 2.38. The smallest absolute Gasteiger partial charge is 0.143 e.